The molecule has 0 aromatic heterocycles. The van der Waals surface area contributed by atoms with Crippen LogP contribution in [0.2, 0.25) is 0 Å². The highest BCUT2D eigenvalue weighted by Crippen LogP contribution is 2.16. The van der Waals surface area contributed by atoms with Crippen LogP contribution in [-0.4, -0.2) is 18.0 Å². The van der Waals surface area contributed by atoms with Gasteiger partial charge in [-0.3, -0.25) is 4.79 Å². The van der Waals surface area contributed by atoms with E-state index < -0.39 is 0 Å². The molecule has 1 amide bonds. The molecule has 1 aliphatic rings. The minimum atomic E-state index is 0.0574. The zero-order valence-corrected chi connectivity index (χ0v) is 10.6. The number of carbonyl (C=O) groups is 1. The lowest BCUT2D eigenvalue weighted by molar-refractivity contribution is -0.121. The van der Waals surface area contributed by atoms with Crippen molar-refractivity contribution in [3.05, 3.63) is 42.3 Å². The van der Waals surface area contributed by atoms with Crippen LogP contribution in [0.1, 0.15) is 31.2 Å². The van der Waals surface area contributed by atoms with Gasteiger partial charge in [-0.1, -0.05) is 36.8 Å². The van der Waals surface area contributed by atoms with Gasteiger partial charge < -0.3 is 11.1 Å². The van der Waals surface area contributed by atoms with Crippen molar-refractivity contribution in [3.8, 4) is 0 Å². The van der Waals surface area contributed by atoms with Crippen molar-refractivity contribution in [2.45, 2.75) is 44.2 Å². The Balaban J connectivity index is 1.75. The molecule has 18 heavy (non-hydrogen) atoms. The Bertz CT molecular complexity index is 377. The van der Waals surface area contributed by atoms with Crippen LogP contribution in [0, 0.1) is 6.42 Å². The first-order valence-corrected chi connectivity index (χ1v) is 6.68. The summed E-state index contributed by atoms with van der Waals surface area (Å²) in [5, 5.41) is 3.02. The number of amides is 1. The molecule has 1 aromatic carbocycles. The molecule has 3 heteroatoms. The summed E-state index contributed by atoms with van der Waals surface area (Å²) in [6, 6.07) is 10.2. The molecule has 1 fully saturated rings. The maximum Gasteiger partial charge on any atom is 0.220 e. The lowest BCUT2D eigenvalue weighted by Crippen LogP contribution is -2.49. The van der Waals surface area contributed by atoms with Gasteiger partial charge >= 0.3 is 0 Å². The molecule has 0 heterocycles. The van der Waals surface area contributed by atoms with Crippen LogP contribution in [-0.2, 0) is 11.2 Å². The smallest absolute Gasteiger partial charge is 0.220 e. The van der Waals surface area contributed by atoms with E-state index in [0.29, 0.717) is 6.42 Å². The monoisotopic (exact) mass is 245 g/mol. The topological polar surface area (TPSA) is 55.1 Å². The normalized spacial score (nSPS) is 23.6. The molecule has 0 saturated heterocycles. The third kappa shape index (κ3) is 3.84. The predicted octanol–water partition coefficient (Wildman–Crippen LogP) is 1.82. The Morgan fingerprint density at radius 1 is 1.33 bits per heavy atom. The van der Waals surface area contributed by atoms with Gasteiger partial charge in [0.1, 0.15) is 0 Å². The van der Waals surface area contributed by atoms with Gasteiger partial charge in [0.2, 0.25) is 5.91 Å². The van der Waals surface area contributed by atoms with Gasteiger partial charge in [-0.05, 0) is 31.2 Å². The number of hydrogen-bond acceptors (Lipinski definition) is 2. The van der Waals surface area contributed by atoms with Crippen molar-refractivity contribution < 1.29 is 4.79 Å². The predicted molar refractivity (Wildman–Crippen MR) is 72.8 cm³/mol. The van der Waals surface area contributed by atoms with Crippen molar-refractivity contribution in [2.75, 3.05) is 0 Å². The molecule has 0 bridgehead atoms. The van der Waals surface area contributed by atoms with Crippen molar-refractivity contribution >= 4 is 5.91 Å². The van der Waals surface area contributed by atoms with Crippen LogP contribution < -0.4 is 11.1 Å². The lowest BCUT2D eigenvalue weighted by atomic mass is 9.91. The van der Waals surface area contributed by atoms with E-state index >= 15 is 0 Å². The third-order valence-corrected chi connectivity index (χ3v) is 3.43. The van der Waals surface area contributed by atoms with Gasteiger partial charge in [0.15, 0.2) is 0 Å². The molecule has 3 N–H and O–H groups in total. The molecule has 3 nitrogen and oxygen atoms in total. The van der Waals surface area contributed by atoms with Gasteiger partial charge in [-0.2, -0.15) is 0 Å². The van der Waals surface area contributed by atoms with Crippen LogP contribution in [0.15, 0.2) is 30.3 Å². The maximum absolute atomic E-state index is 11.8. The Hall–Kier alpha value is -1.35. The summed E-state index contributed by atoms with van der Waals surface area (Å²) < 4.78 is 0. The summed E-state index contributed by atoms with van der Waals surface area (Å²) in [4.78, 5) is 11.8. The molecule has 0 aliphatic heterocycles. The van der Waals surface area contributed by atoms with E-state index in [0.717, 1.165) is 25.7 Å². The fraction of sp³-hybridized carbons (Fsp3) is 0.467. The number of aryl methyl sites for hydroxylation is 1. The Labute approximate surface area is 109 Å². The standard InChI is InChI=1S/C15H21N2O/c16-13-8-4-5-9-14(13)17-15(18)11-10-12-6-2-1-3-7-12/h1-3,6-7,9,13-14H,4-5,8,10-11,16H2,(H,17,18). The molecule has 1 aliphatic carbocycles. The summed E-state index contributed by atoms with van der Waals surface area (Å²) in [6.45, 7) is 0. The molecule has 2 atom stereocenters. The third-order valence-electron chi connectivity index (χ3n) is 3.43. The average Bonchev–Trinajstić information content (AvgIpc) is 2.40. The summed E-state index contributed by atoms with van der Waals surface area (Å²) in [6.07, 6.45) is 6.64. The quantitative estimate of drug-likeness (QED) is 0.850. The van der Waals surface area contributed by atoms with Crippen molar-refractivity contribution in [1.82, 2.24) is 5.32 Å². The van der Waals surface area contributed by atoms with Crippen molar-refractivity contribution in [3.63, 3.8) is 0 Å². The van der Waals surface area contributed by atoms with Crippen LogP contribution in [0.3, 0.4) is 0 Å². The lowest BCUT2D eigenvalue weighted by Gasteiger charge is -2.29. The second-order valence-corrected chi connectivity index (χ2v) is 4.91. The van der Waals surface area contributed by atoms with E-state index in [9.17, 15) is 4.79 Å². The fourth-order valence-electron chi connectivity index (χ4n) is 2.33. The van der Waals surface area contributed by atoms with Crippen LogP contribution in [0.5, 0.6) is 0 Å². The van der Waals surface area contributed by atoms with E-state index in [4.69, 9.17) is 5.73 Å². The number of rotatable bonds is 4. The first-order chi connectivity index (χ1) is 8.75. The van der Waals surface area contributed by atoms with Crippen molar-refractivity contribution in [2.24, 2.45) is 5.73 Å². The fourth-order valence-corrected chi connectivity index (χ4v) is 2.33. The average molecular weight is 245 g/mol. The number of carbonyl (C=O) groups excluding carboxylic acids is 1. The number of nitrogens with two attached hydrogens (primary N) is 1. The zero-order chi connectivity index (χ0) is 12.8. The van der Waals surface area contributed by atoms with Crippen LogP contribution in [0.4, 0.5) is 0 Å². The zero-order valence-electron chi connectivity index (χ0n) is 10.6. The highest BCUT2D eigenvalue weighted by molar-refractivity contribution is 5.76. The highest BCUT2D eigenvalue weighted by Gasteiger charge is 2.23. The highest BCUT2D eigenvalue weighted by atomic mass is 16.1. The summed E-state index contributed by atoms with van der Waals surface area (Å²) in [5.41, 5.74) is 7.19. The van der Waals surface area contributed by atoms with Gasteiger partial charge in [-0.25, -0.2) is 0 Å². The van der Waals surface area contributed by atoms with Gasteiger partial charge in [0, 0.05) is 18.5 Å². The van der Waals surface area contributed by atoms with Gasteiger partial charge in [0.05, 0.1) is 0 Å². The maximum atomic E-state index is 11.8. The molecule has 1 aromatic rings. The molecule has 0 spiro atoms. The van der Waals surface area contributed by atoms with E-state index in [1.165, 1.54) is 5.56 Å². The summed E-state index contributed by atoms with van der Waals surface area (Å²) in [5.74, 6) is 0.0949. The summed E-state index contributed by atoms with van der Waals surface area (Å²) in [7, 11) is 0. The van der Waals surface area contributed by atoms with Crippen LogP contribution in [0.25, 0.3) is 0 Å². The molecule has 1 radical (unpaired) electrons. The largest absolute Gasteiger partial charge is 0.352 e. The Kier molecular flexibility index (Phi) is 4.76. The number of benzene rings is 1. The second kappa shape index (κ2) is 6.55. The molecular formula is C15H21N2O. The molecule has 97 valence electrons. The Morgan fingerprint density at radius 2 is 2.11 bits per heavy atom. The number of nitrogens with one attached hydrogen (secondary N) is 1. The SMILES string of the molecule is NC1CCC[CH]C1NC(=O)CCc1ccccc1. The van der Waals surface area contributed by atoms with E-state index in [1.807, 2.05) is 30.3 Å². The van der Waals surface area contributed by atoms with Crippen LogP contribution >= 0.6 is 0 Å². The Morgan fingerprint density at radius 3 is 2.83 bits per heavy atom. The first-order valence-electron chi connectivity index (χ1n) is 6.68. The van der Waals surface area contributed by atoms with E-state index in [-0.39, 0.29) is 18.0 Å². The molecular weight excluding hydrogens is 224 g/mol. The summed E-state index contributed by atoms with van der Waals surface area (Å²) >= 11 is 0. The first kappa shape index (κ1) is 13.1. The van der Waals surface area contributed by atoms with Gasteiger partial charge in [0.25, 0.3) is 0 Å². The molecule has 1 saturated carbocycles. The molecule has 2 rings (SSSR count). The van der Waals surface area contributed by atoms with E-state index in [1.54, 1.807) is 0 Å². The second-order valence-electron chi connectivity index (χ2n) is 4.91. The minimum absolute atomic E-state index is 0.0574. The minimum Gasteiger partial charge on any atom is -0.352 e. The van der Waals surface area contributed by atoms with E-state index in [2.05, 4.69) is 11.7 Å². The number of hydrogen-bond donors (Lipinski definition) is 2. The van der Waals surface area contributed by atoms with Crippen molar-refractivity contribution in [1.29, 1.82) is 0 Å². The molecule has 2 unspecified atom stereocenters. The van der Waals surface area contributed by atoms with Gasteiger partial charge in [-0.15, -0.1) is 0 Å².